The topological polar surface area (TPSA) is 76.6 Å². The summed E-state index contributed by atoms with van der Waals surface area (Å²) in [5.74, 6) is 0.660. The molecule has 9 nitrogen and oxygen atoms in total. The smallest absolute Gasteiger partial charge is 0.252 e. The molecule has 0 spiro atoms. The van der Waals surface area contributed by atoms with Gasteiger partial charge in [0.2, 0.25) is 11.8 Å². The Balaban J connectivity index is 1.19. The zero-order chi connectivity index (χ0) is 31.9. The van der Waals surface area contributed by atoms with Crippen LogP contribution in [0.3, 0.4) is 0 Å². The molecule has 252 valence electrons. The number of likely N-dealkylation sites (tertiary alicyclic amines) is 2. The number of nitrogens with zero attached hydrogens (tertiary/aromatic N) is 5. The summed E-state index contributed by atoms with van der Waals surface area (Å²) in [6.45, 7) is 7.90. The molecular formula is C36H52ClN5O4. The van der Waals surface area contributed by atoms with Gasteiger partial charge < -0.3 is 24.3 Å². The van der Waals surface area contributed by atoms with Crippen LogP contribution >= 0.6 is 11.6 Å². The van der Waals surface area contributed by atoms with Crippen molar-refractivity contribution >= 4 is 29.3 Å². The fraction of sp³-hybridized carbons (Fsp3) is 0.750. The number of hydrogen-bond acceptors (Lipinski definition) is 6. The third-order valence-electron chi connectivity index (χ3n) is 11.9. The Morgan fingerprint density at radius 1 is 0.848 bits per heavy atom. The molecule has 1 unspecified atom stereocenters. The molecule has 0 radical (unpaired) electrons. The summed E-state index contributed by atoms with van der Waals surface area (Å²) >= 11 is 6.27. The highest BCUT2D eigenvalue weighted by molar-refractivity contribution is 6.30. The molecule has 4 heterocycles. The van der Waals surface area contributed by atoms with Crippen molar-refractivity contribution in [3.63, 3.8) is 0 Å². The number of piperazine rings is 1. The SMILES string of the molecule is CC1CCC(N(C(=O)C2CCCO2)[C@H]2C[C@H](C(=O)N3CCN(C)CC3)N(C(=O)[C@@H]3CN(C4CC4)C[C@H]3c3ccc(Cl)cc3)C2)CC1. The van der Waals surface area contributed by atoms with E-state index in [0.717, 1.165) is 63.7 Å². The number of hydrogen-bond donors (Lipinski definition) is 0. The minimum Gasteiger partial charge on any atom is -0.368 e. The van der Waals surface area contributed by atoms with E-state index in [9.17, 15) is 14.4 Å². The van der Waals surface area contributed by atoms with Crippen LogP contribution < -0.4 is 0 Å². The molecule has 1 aromatic rings. The standard InChI is InChI=1S/C36H52ClN5O4/c1-24-5-11-28(12-6-24)42(36(45)33-4-3-19-46-33)29-20-32(35(44)39-17-15-38(2)16-18-39)41(21-29)34(43)31-23-40(27-13-14-27)22-30(31)25-7-9-26(37)10-8-25/h7-10,24,27-33H,3-6,11-23H2,1-2H3/t24?,28?,29-,30-,31+,32+,33?/m0/s1. The lowest BCUT2D eigenvalue weighted by atomic mass is 9.85. The quantitative estimate of drug-likeness (QED) is 0.445. The monoisotopic (exact) mass is 653 g/mol. The van der Waals surface area contributed by atoms with E-state index in [1.807, 2.05) is 21.9 Å². The highest BCUT2D eigenvalue weighted by Crippen LogP contribution is 2.42. The Morgan fingerprint density at radius 3 is 2.22 bits per heavy atom. The van der Waals surface area contributed by atoms with Gasteiger partial charge in [0.1, 0.15) is 12.1 Å². The Hall–Kier alpha value is -2.20. The Morgan fingerprint density at radius 2 is 1.57 bits per heavy atom. The van der Waals surface area contributed by atoms with Gasteiger partial charge in [-0.2, -0.15) is 0 Å². The van der Waals surface area contributed by atoms with E-state index in [2.05, 4.69) is 40.8 Å². The van der Waals surface area contributed by atoms with Crippen LogP contribution in [0.4, 0.5) is 0 Å². The first-order chi connectivity index (χ1) is 22.3. The van der Waals surface area contributed by atoms with Crippen molar-refractivity contribution in [2.75, 3.05) is 59.5 Å². The number of amides is 3. The fourth-order valence-corrected chi connectivity index (χ4v) is 9.06. The van der Waals surface area contributed by atoms with Crippen LogP contribution in [0.5, 0.6) is 0 Å². The first-order valence-electron chi connectivity index (χ1n) is 18.0. The summed E-state index contributed by atoms with van der Waals surface area (Å²) in [6.07, 6.45) is 8.25. The predicted molar refractivity (Wildman–Crippen MR) is 178 cm³/mol. The van der Waals surface area contributed by atoms with E-state index >= 15 is 0 Å². The maximum Gasteiger partial charge on any atom is 0.252 e. The highest BCUT2D eigenvalue weighted by Gasteiger charge is 2.51. The predicted octanol–water partition coefficient (Wildman–Crippen LogP) is 3.85. The summed E-state index contributed by atoms with van der Waals surface area (Å²) in [4.78, 5) is 54.3. The van der Waals surface area contributed by atoms with Crippen molar-refractivity contribution in [1.82, 2.24) is 24.5 Å². The minimum absolute atomic E-state index is 0.0471. The third-order valence-corrected chi connectivity index (χ3v) is 12.2. The second-order valence-electron chi connectivity index (χ2n) is 15.1. The molecule has 46 heavy (non-hydrogen) atoms. The first-order valence-corrected chi connectivity index (χ1v) is 18.4. The lowest BCUT2D eigenvalue weighted by Crippen LogP contribution is -2.54. The second kappa shape index (κ2) is 13.7. The molecule has 10 heteroatoms. The molecular weight excluding hydrogens is 602 g/mol. The van der Waals surface area contributed by atoms with E-state index in [1.54, 1.807) is 0 Å². The lowest BCUT2D eigenvalue weighted by molar-refractivity contribution is -0.148. The largest absolute Gasteiger partial charge is 0.368 e. The number of benzene rings is 1. The summed E-state index contributed by atoms with van der Waals surface area (Å²) in [6, 6.07) is 7.91. The Kier molecular flexibility index (Phi) is 9.66. The Labute approximate surface area is 279 Å². The van der Waals surface area contributed by atoms with Crippen molar-refractivity contribution in [1.29, 1.82) is 0 Å². The molecule has 0 bridgehead atoms. The number of rotatable bonds is 7. The van der Waals surface area contributed by atoms with Gasteiger partial charge >= 0.3 is 0 Å². The third kappa shape index (κ3) is 6.71. The zero-order valence-corrected chi connectivity index (χ0v) is 28.5. The van der Waals surface area contributed by atoms with Crippen LogP contribution in [0, 0.1) is 11.8 Å². The minimum atomic E-state index is -0.552. The van der Waals surface area contributed by atoms with Gasteiger partial charge in [-0.1, -0.05) is 30.7 Å². The van der Waals surface area contributed by atoms with Gasteiger partial charge in [0, 0.05) is 75.4 Å². The van der Waals surface area contributed by atoms with E-state index in [-0.39, 0.29) is 41.6 Å². The Bertz CT molecular complexity index is 1250. The fourth-order valence-electron chi connectivity index (χ4n) is 8.93. The first kappa shape index (κ1) is 32.4. The molecule has 2 aliphatic carbocycles. The number of likely N-dealkylation sites (N-methyl/N-ethyl adjacent to an activating group) is 1. The molecule has 6 fully saturated rings. The van der Waals surface area contributed by atoms with Crippen molar-refractivity contribution < 1.29 is 19.1 Å². The van der Waals surface area contributed by atoms with Crippen molar-refractivity contribution in [2.24, 2.45) is 11.8 Å². The van der Waals surface area contributed by atoms with Crippen LogP contribution in [0.2, 0.25) is 5.02 Å². The molecule has 0 N–H and O–H groups in total. The van der Waals surface area contributed by atoms with Gasteiger partial charge in [-0.3, -0.25) is 19.3 Å². The molecule has 2 saturated carbocycles. The van der Waals surface area contributed by atoms with Crippen molar-refractivity contribution in [3.8, 4) is 0 Å². The van der Waals surface area contributed by atoms with E-state index in [4.69, 9.17) is 16.3 Å². The van der Waals surface area contributed by atoms with Crippen LogP contribution in [0.15, 0.2) is 24.3 Å². The average molecular weight is 654 g/mol. The van der Waals surface area contributed by atoms with Crippen LogP contribution in [-0.2, 0) is 19.1 Å². The van der Waals surface area contributed by atoms with Gasteiger partial charge in [-0.25, -0.2) is 0 Å². The van der Waals surface area contributed by atoms with E-state index in [0.29, 0.717) is 56.2 Å². The van der Waals surface area contributed by atoms with Gasteiger partial charge in [-0.05, 0) is 88.4 Å². The van der Waals surface area contributed by atoms with E-state index in [1.165, 1.54) is 12.8 Å². The maximum absolute atomic E-state index is 14.9. The van der Waals surface area contributed by atoms with Gasteiger partial charge in [-0.15, -0.1) is 0 Å². The number of carbonyl (C=O) groups is 3. The number of ether oxygens (including phenoxy) is 1. The molecule has 3 amide bonds. The van der Waals surface area contributed by atoms with Crippen LogP contribution in [0.1, 0.15) is 76.2 Å². The molecule has 4 saturated heterocycles. The van der Waals surface area contributed by atoms with E-state index < -0.39 is 12.1 Å². The average Bonchev–Trinajstić information content (AvgIpc) is 3.42. The van der Waals surface area contributed by atoms with Crippen molar-refractivity contribution in [3.05, 3.63) is 34.9 Å². The molecule has 6 aliphatic rings. The molecule has 0 aromatic heterocycles. The lowest BCUT2D eigenvalue weighted by Gasteiger charge is -2.41. The maximum atomic E-state index is 14.9. The summed E-state index contributed by atoms with van der Waals surface area (Å²) < 4.78 is 5.95. The molecule has 7 rings (SSSR count). The van der Waals surface area contributed by atoms with Crippen LogP contribution in [0.25, 0.3) is 0 Å². The van der Waals surface area contributed by atoms with Gasteiger partial charge in [0.15, 0.2) is 0 Å². The van der Waals surface area contributed by atoms with Crippen molar-refractivity contribution in [2.45, 2.75) is 101 Å². The molecule has 5 atom stereocenters. The number of halogens is 1. The van der Waals surface area contributed by atoms with Gasteiger partial charge in [0.05, 0.1) is 12.0 Å². The highest BCUT2D eigenvalue weighted by atomic mass is 35.5. The molecule has 4 aliphatic heterocycles. The summed E-state index contributed by atoms with van der Waals surface area (Å²) in [5.41, 5.74) is 1.13. The second-order valence-corrected chi connectivity index (χ2v) is 15.6. The molecule has 1 aromatic carbocycles. The normalized spacial score (nSPS) is 34.3. The zero-order valence-electron chi connectivity index (χ0n) is 27.7. The van der Waals surface area contributed by atoms with Gasteiger partial charge in [0.25, 0.3) is 5.91 Å². The summed E-state index contributed by atoms with van der Waals surface area (Å²) in [5, 5.41) is 0.692. The summed E-state index contributed by atoms with van der Waals surface area (Å²) in [7, 11) is 2.09. The van der Waals surface area contributed by atoms with Crippen LogP contribution in [-0.4, -0.2) is 132 Å². The number of carbonyl (C=O) groups excluding carboxylic acids is 3.